The molecule has 0 aliphatic rings. The number of aromatic nitrogens is 2. The molecule has 7 heteroatoms. The van der Waals surface area contributed by atoms with Gasteiger partial charge in [-0.1, -0.05) is 30.3 Å². The molecule has 1 atom stereocenters. The molecule has 0 aliphatic carbocycles. The second-order valence-electron chi connectivity index (χ2n) is 5.13. The van der Waals surface area contributed by atoms with E-state index in [1.54, 1.807) is 0 Å². The van der Waals surface area contributed by atoms with E-state index in [4.69, 9.17) is 5.73 Å². The maximum absolute atomic E-state index is 11.4. The van der Waals surface area contributed by atoms with Crippen LogP contribution in [0.25, 0.3) is 11.3 Å². The third kappa shape index (κ3) is 6.63. The predicted octanol–water partition coefficient (Wildman–Crippen LogP) is 1.83. The van der Waals surface area contributed by atoms with Crippen LogP contribution < -0.4 is 16.4 Å². The van der Waals surface area contributed by atoms with Crippen molar-refractivity contribution < 1.29 is 4.79 Å². The van der Waals surface area contributed by atoms with E-state index in [2.05, 4.69) is 20.8 Å². The largest absolute Gasteiger partial charge is 0.367 e. The van der Waals surface area contributed by atoms with Crippen LogP contribution in [-0.2, 0) is 4.79 Å². The standard InChI is InChI=1S/C16H21N5O.ClH/c1-12(17)11-16(22)19-10-9-18-15-8-7-14(20-21-15)13-5-3-2-4-6-13;/h2-8,12H,9-11,17H2,1H3,(H,18,21)(H,19,22);1H. The highest BCUT2D eigenvalue weighted by atomic mass is 35.5. The fourth-order valence-electron chi connectivity index (χ4n) is 1.95. The van der Waals surface area contributed by atoms with Gasteiger partial charge in [0.2, 0.25) is 5.91 Å². The van der Waals surface area contributed by atoms with E-state index in [0.29, 0.717) is 25.3 Å². The van der Waals surface area contributed by atoms with Gasteiger partial charge in [0.25, 0.3) is 0 Å². The summed E-state index contributed by atoms with van der Waals surface area (Å²) in [4.78, 5) is 11.4. The first-order valence-corrected chi connectivity index (χ1v) is 7.30. The number of carbonyl (C=O) groups excluding carboxylic acids is 1. The normalized spacial score (nSPS) is 11.2. The minimum atomic E-state index is -0.121. The van der Waals surface area contributed by atoms with E-state index < -0.39 is 0 Å². The molecular formula is C16H22ClN5O. The molecule has 0 fully saturated rings. The molecule has 0 aliphatic heterocycles. The third-order valence-electron chi connectivity index (χ3n) is 2.99. The maximum Gasteiger partial charge on any atom is 0.221 e. The second kappa shape index (κ2) is 9.76. The molecule has 6 nitrogen and oxygen atoms in total. The lowest BCUT2D eigenvalue weighted by Gasteiger charge is -2.08. The number of carbonyl (C=O) groups is 1. The Balaban J connectivity index is 0.00000264. The van der Waals surface area contributed by atoms with Gasteiger partial charge in [0, 0.05) is 31.1 Å². The van der Waals surface area contributed by atoms with Crippen molar-refractivity contribution in [2.75, 3.05) is 18.4 Å². The van der Waals surface area contributed by atoms with Gasteiger partial charge < -0.3 is 16.4 Å². The summed E-state index contributed by atoms with van der Waals surface area (Å²) in [5, 5.41) is 14.2. The Morgan fingerprint density at radius 3 is 2.48 bits per heavy atom. The molecule has 0 saturated heterocycles. The van der Waals surface area contributed by atoms with Crippen molar-refractivity contribution in [2.45, 2.75) is 19.4 Å². The van der Waals surface area contributed by atoms with E-state index in [9.17, 15) is 4.79 Å². The third-order valence-corrected chi connectivity index (χ3v) is 2.99. The Hall–Kier alpha value is -2.18. The minimum absolute atomic E-state index is 0. The summed E-state index contributed by atoms with van der Waals surface area (Å²) in [5.74, 6) is 0.642. The van der Waals surface area contributed by atoms with Gasteiger partial charge in [-0.25, -0.2) is 0 Å². The summed E-state index contributed by atoms with van der Waals surface area (Å²) < 4.78 is 0. The smallest absolute Gasteiger partial charge is 0.221 e. The van der Waals surface area contributed by atoms with E-state index in [-0.39, 0.29) is 24.4 Å². The first-order valence-electron chi connectivity index (χ1n) is 7.30. The Bertz CT molecular complexity index is 589. The highest BCUT2D eigenvalue weighted by molar-refractivity contribution is 5.85. The molecular weight excluding hydrogens is 314 g/mol. The number of rotatable bonds is 7. The summed E-state index contributed by atoms with van der Waals surface area (Å²) >= 11 is 0. The summed E-state index contributed by atoms with van der Waals surface area (Å²) in [7, 11) is 0. The Morgan fingerprint density at radius 1 is 1.13 bits per heavy atom. The van der Waals surface area contributed by atoms with Gasteiger partial charge in [-0.3, -0.25) is 4.79 Å². The molecule has 1 unspecified atom stereocenters. The average molecular weight is 336 g/mol. The van der Waals surface area contributed by atoms with Crippen molar-refractivity contribution in [2.24, 2.45) is 5.73 Å². The molecule has 2 aromatic rings. The van der Waals surface area contributed by atoms with Crippen molar-refractivity contribution in [3.8, 4) is 11.3 Å². The van der Waals surface area contributed by atoms with E-state index in [1.807, 2.05) is 49.4 Å². The number of hydrogen-bond acceptors (Lipinski definition) is 5. The van der Waals surface area contributed by atoms with Crippen LogP contribution in [0, 0.1) is 0 Å². The van der Waals surface area contributed by atoms with Gasteiger partial charge in [-0.15, -0.1) is 22.6 Å². The van der Waals surface area contributed by atoms with Crippen molar-refractivity contribution in [3.63, 3.8) is 0 Å². The molecule has 124 valence electrons. The molecule has 0 saturated carbocycles. The SMILES string of the molecule is CC(N)CC(=O)NCCNc1ccc(-c2ccccc2)nn1.Cl. The van der Waals surface area contributed by atoms with E-state index in [0.717, 1.165) is 11.3 Å². The topological polar surface area (TPSA) is 92.9 Å². The van der Waals surface area contributed by atoms with Gasteiger partial charge in [-0.2, -0.15) is 0 Å². The number of nitrogens with two attached hydrogens (primary N) is 1. The number of halogens is 1. The summed E-state index contributed by atoms with van der Waals surface area (Å²) in [6.07, 6.45) is 0.339. The average Bonchev–Trinajstić information content (AvgIpc) is 2.52. The molecule has 1 aromatic heterocycles. The number of anilines is 1. The summed E-state index contributed by atoms with van der Waals surface area (Å²) in [6.45, 7) is 2.92. The zero-order chi connectivity index (χ0) is 15.8. The molecule has 0 bridgehead atoms. The first kappa shape index (κ1) is 18.9. The quantitative estimate of drug-likeness (QED) is 0.671. The van der Waals surface area contributed by atoms with Crippen LogP contribution in [0.4, 0.5) is 5.82 Å². The van der Waals surface area contributed by atoms with E-state index in [1.165, 1.54) is 0 Å². The van der Waals surface area contributed by atoms with Crippen LogP contribution in [0.1, 0.15) is 13.3 Å². The van der Waals surface area contributed by atoms with Gasteiger partial charge in [0.15, 0.2) is 0 Å². The van der Waals surface area contributed by atoms with E-state index >= 15 is 0 Å². The maximum atomic E-state index is 11.4. The van der Waals surface area contributed by atoms with Crippen LogP contribution in [0.3, 0.4) is 0 Å². The van der Waals surface area contributed by atoms with Crippen LogP contribution in [-0.4, -0.2) is 35.2 Å². The lowest BCUT2D eigenvalue weighted by atomic mass is 10.1. The Kier molecular flexibility index (Phi) is 8.01. The highest BCUT2D eigenvalue weighted by Gasteiger charge is 2.04. The monoisotopic (exact) mass is 335 g/mol. The number of amides is 1. The van der Waals surface area contributed by atoms with Crippen LogP contribution >= 0.6 is 12.4 Å². The fraction of sp³-hybridized carbons (Fsp3) is 0.312. The molecule has 23 heavy (non-hydrogen) atoms. The minimum Gasteiger partial charge on any atom is -0.367 e. The number of nitrogens with one attached hydrogen (secondary N) is 2. The van der Waals surface area contributed by atoms with Crippen LogP contribution in [0.5, 0.6) is 0 Å². The number of benzene rings is 1. The predicted molar refractivity (Wildman–Crippen MR) is 94.5 cm³/mol. The van der Waals surface area contributed by atoms with Crippen molar-refractivity contribution >= 4 is 24.1 Å². The zero-order valence-electron chi connectivity index (χ0n) is 13.0. The van der Waals surface area contributed by atoms with Crippen molar-refractivity contribution in [3.05, 3.63) is 42.5 Å². The van der Waals surface area contributed by atoms with Crippen molar-refractivity contribution in [1.29, 1.82) is 0 Å². The summed E-state index contributed by atoms with van der Waals surface area (Å²) in [5.41, 5.74) is 7.42. The van der Waals surface area contributed by atoms with Crippen LogP contribution in [0.2, 0.25) is 0 Å². The Labute approximate surface area is 142 Å². The van der Waals surface area contributed by atoms with Gasteiger partial charge in [-0.05, 0) is 19.1 Å². The second-order valence-corrected chi connectivity index (χ2v) is 5.13. The fourth-order valence-corrected chi connectivity index (χ4v) is 1.95. The van der Waals surface area contributed by atoms with Gasteiger partial charge in [0.1, 0.15) is 5.82 Å². The first-order chi connectivity index (χ1) is 10.6. The molecule has 1 aromatic carbocycles. The zero-order valence-corrected chi connectivity index (χ0v) is 13.8. The van der Waals surface area contributed by atoms with Gasteiger partial charge in [0.05, 0.1) is 5.69 Å². The summed E-state index contributed by atoms with van der Waals surface area (Å²) in [6, 6.07) is 13.5. The van der Waals surface area contributed by atoms with Gasteiger partial charge >= 0.3 is 0 Å². The number of hydrogen-bond donors (Lipinski definition) is 3. The lowest BCUT2D eigenvalue weighted by Crippen LogP contribution is -2.33. The molecule has 1 amide bonds. The molecule has 1 heterocycles. The molecule has 2 rings (SSSR count). The number of nitrogens with zero attached hydrogens (tertiary/aromatic N) is 2. The lowest BCUT2D eigenvalue weighted by molar-refractivity contribution is -0.121. The van der Waals surface area contributed by atoms with Crippen LogP contribution in [0.15, 0.2) is 42.5 Å². The Morgan fingerprint density at radius 2 is 1.87 bits per heavy atom. The molecule has 4 N–H and O–H groups in total. The van der Waals surface area contributed by atoms with Crippen molar-refractivity contribution in [1.82, 2.24) is 15.5 Å². The molecule has 0 spiro atoms. The highest BCUT2D eigenvalue weighted by Crippen LogP contribution is 2.15. The molecule has 0 radical (unpaired) electrons.